The second-order valence-electron chi connectivity index (χ2n) is 3.75. The first kappa shape index (κ1) is 12.0. The van der Waals surface area contributed by atoms with Gasteiger partial charge in [0.15, 0.2) is 0 Å². The minimum atomic E-state index is 0.517. The van der Waals surface area contributed by atoms with Gasteiger partial charge in [-0.1, -0.05) is 26.0 Å². The fourth-order valence-electron chi connectivity index (χ4n) is 1.42. The Hall–Kier alpha value is -1.06. The van der Waals surface area contributed by atoms with Gasteiger partial charge in [0, 0.05) is 12.1 Å². The number of nitrogens with one attached hydrogen (secondary N) is 1. The highest BCUT2D eigenvalue weighted by Crippen LogP contribution is 2.24. The van der Waals surface area contributed by atoms with Crippen LogP contribution in [0.15, 0.2) is 18.2 Å². The summed E-state index contributed by atoms with van der Waals surface area (Å²) in [5.41, 5.74) is 5.19. The van der Waals surface area contributed by atoms with Crippen LogP contribution in [-0.4, -0.2) is 14.2 Å². The summed E-state index contributed by atoms with van der Waals surface area (Å²) in [5, 5.41) is 0. The molecule has 0 saturated heterocycles. The van der Waals surface area contributed by atoms with Crippen LogP contribution in [0.5, 0.6) is 5.75 Å². The summed E-state index contributed by atoms with van der Waals surface area (Å²) < 4.78 is 5.34. The zero-order valence-corrected chi connectivity index (χ0v) is 9.83. The van der Waals surface area contributed by atoms with Gasteiger partial charge in [-0.25, -0.2) is 0 Å². The third kappa shape index (κ3) is 3.22. The van der Waals surface area contributed by atoms with Gasteiger partial charge in [-0.15, -0.1) is 0 Å². The molecule has 84 valence electrons. The minimum absolute atomic E-state index is 0.517. The van der Waals surface area contributed by atoms with Crippen molar-refractivity contribution in [2.75, 3.05) is 14.2 Å². The van der Waals surface area contributed by atoms with Gasteiger partial charge in [0.05, 0.1) is 14.2 Å². The maximum atomic E-state index is 5.34. The molecule has 15 heavy (non-hydrogen) atoms. The molecule has 1 rings (SSSR count). The van der Waals surface area contributed by atoms with E-state index in [9.17, 15) is 0 Å². The molecule has 3 nitrogen and oxygen atoms in total. The van der Waals surface area contributed by atoms with Crippen LogP contribution in [0.4, 0.5) is 0 Å². The van der Waals surface area contributed by atoms with Gasteiger partial charge >= 0.3 is 0 Å². The van der Waals surface area contributed by atoms with Gasteiger partial charge in [0.2, 0.25) is 0 Å². The van der Waals surface area contributed by atoms with Crippen molar-refractivity contribution in [1.29, 1.82) is 0 Å². The van der Waals surface area contributed by atoms with Crippen LogP contribution in [0.25, 0.3) is 0 Å². The summed E-state index contributed by atoms with van der Waals surface area (Å²) in [5.74, 6) is 1.43. The van der Waals surface area contributed by atoms with Gasteiger partial charge in [-0.05, 0) is 17.5 Å². The molecule has 0 atom stereocenters. The summed E-state index contributed by atoms with van der Waals surface area (Å²) in [7, 11) is 3.30. The summed E-state index contributed by atoms with van der Waals surface area (Å²) in [6, 6.07) is 6.28. The molecule has 0 fully saturated rings. The Labute approximate surface area is 91.4 Å². The van der Waals surface area contributed by atoms with E-state index in [0.717, 1.165) is 11.3 Å². The minimum Gasteiger partial charge on any atom is -0.496 e. The molecule has 0 amide bonds. The number of methoxy groups -OCH3 is 1. The molecule has 1 N–H and O–H groups in total. The van der Waals surface area contributed by atoms with E-state index < -0.39 is 0 Å². The van der Waals surface area contributed by atoms with Crippen LogP contribution in [0, 0.1) is 0 Å². The number of rotatable bonds is 5. The topological polar surface area (TPSA) is 30.5 Å². The van der Waals surface area contributed by atoms with Gasteiger partial charge < -0.3 is 9.57 Å². The van der Waals surface area contributed by atoms with Crippen molar-refractivity contribution in [3.8, 4) is 5.75 Å². The van der Waals surface area contributed by atoms with E-state index in [4.69, 9.17) is 9.57 Å². The average molecular weight is 209 g/mol. The predicted octanol–water partition coefficient (Wildman–Crippen LogP) is 2.47. The lowest BCUT2D eigenvalue weighted by molar-refractivity contribution is 0.0861. The summed E-state index contributed by atoms with van der Waals surface area (Å²) >= 11 is 0. The molecule has 0 aliphatic rings. The number of benzene rings is 1. The number of hydroxylamine groups is 1. The van der Waals surface area contributed by atoms with E-state index in [1.807, 2.05) is 0 Å². The second-order valence-corrected chi connectivity index (χ2v) is 3.75. The molecule has 0 spiro atoms. The monoisotopic (exact) mass is 209 g/mol. The van der Waals surface area contributed by atoms with E-state index >= 15 is 0 Å². The highest BCUT2D eigenvalue weighted by atomic mass is 16.6. The molecule has 3 heteroatoms. The molecule has 0 heterocycles. The van der Waals surface area contributed by atoms with E-state index in [0.29, 0.717) is 12.5 Å². The first-order chi connectivity index (χ1) is 7.19. The fourth-order valence-corrected chi connectivity index (χ4v) is 1.42. The molecule has 0 unspecified atom stereocenters. The molecule has 1 aromatic rings. The van der Waals surface area contributed by atoms with Crippen molar-refractivity contribution >= 4 is 0 Å². The van der Waals surface area contributed by atoms with Crippen molar-refractivity contribution in [1.82, 2.24) is 5.48 Å². The maximum absolute atomic E-state index is 5.34. The highest BCUT2D eigenvalue weighted by molar-refractivity contribution is 5.38. The Kier molecular flexibility index (Phi) is 4.59. The average Bonchev–Trinajstić information content (AvgIpc) is 2.25. The van der Waals surface area contributed by atoms with Gasteiger partial charge in [0.25, 0.3) is 0 Å². The Balaban J connectivity index is 2.88. The Morgan fingerprint density at radius 3 is 2.53 bits per heavy atom. The quantitative estimate of drug-likeness (QED) is 0.756. The first-order valence-corrected chi connectivity index (χ1v) is 5.11. The molecule has 1 aromatic carbocycles. The number of hydrogen-bond acceptors (Lipinski definition) is 3. The van der Waals surface area contributed by atoms with Gasteiger partial charge in [-0.2, -0.15) is 5.48 Å². The van der Waals surface area contributed by atoms with Crippen LogP contribution < -0.4 is 10.2 Å². The second kappa shape index (κ2) is 5.73. The molecule has 0 aromatic heterocycles. The maximum Gasteiger partial charge on any atom is 0.123 e. The number of hydrogen-bond donors (Lipinski definition) is 1. The van der Waals surface area contributed by atoms with Crippen molar-refractivity contribution < 1.29 is 9.57 Å². The SMILES string of the molecule is CONCc1ccc(C(C)C)cc1OC. The van der Waals surface area contributed by atoms with Crippen LogP contribution >= 0.6 is 0 Å². The highest BCUT2D eigenvalue weighted by Gasteiger charge is 2.06. The molecule has 0 aliphatic carbocycles. The fraction of sp³-hybridized carbons (Fsp3) is 0.500. The predicted molar refractivity (Wildman–Crippen MR) is 60.9 cm³/mol. The zero-order chi connectivity index (χ0) is 11.3. The van der Waals surface area contributed by atoms with Crippen molar-refractivity contribution in [2.45, 2.75) is 26.3 Å². The number of ether oxygens (including phenoxy) is 1. The smallest absolute Gasteiger partial charge is 0.123 e. The van der Waals surface area contributed by atoms with Crippen molar-refractivity contribution in [2.24, 2.45) is 0 Å². The third-order valence-electron chi connectivity index (χ3n) is 2.38. The lowest BCUT2D eigenvalue weighted by Gasteiger charge is -2.12. The van der Waals surface area contributed by atoms with Crippen molar-refractivity contribution in [3.05, 3.63) is 29.3 Å². The van der Waals surface area contributed by atoms with E-state index in [1.165, 1.54) is 5.56 Å². The van der Waals surface area contributed by atoms with Gasteiger partial charge in [0.1, 0.15) is 5.75 Å². The van der Waals surface area contributed by atoms with Crippen LogP contribution in [0.1, 0.15) is 30.9 Å². The van der Waals surface area contributed by atoms with Crippen molar-refractivity contribution in [3.63, 3.8) is 0 Å². The van der Waals surface area contributed by atoms with E-state index in [1.54, 1.807) is 14.2 Å². The third-order valence-corrected chi connectivity index (χ3v) is 2.38. The Morgan fingerprint density at radius 1 is 1.27 bits per heavy atom. The summed E-state index contributed by atoms with van der Waals surface area (Å²) in [4.78, 5) is 4.82. The standard InChI is InChI=1S/C12H19NO2/c1-9(2)10-5-6-11(8-13-15-4)12(7-10)14-3/h5-7,9,13H,8H2,1-4H3. The van der Waals surface area contributed by atoms with Gasteiger partial charge in [-0.3, -0.25) is 0 Å². The Bertz CT molecular complexity index is 310. The molecular formula is C12H19NO2. The van der Waals surface area contributed by atoms with Crippen LogP contribution in [0.2, 0.25) is 0 Å². The molecular weight excluding hydrogens is 190 g/mol. The zero-order valence-electron chi connectivity index (χ0n) is 9.83. The summed E-state index contributed by atoms with van der Waals surface area (Å²) in [6.07, 6.45) is 0. The van der Waals surface area contributed by atoms with E-state index in [-0.39, 0.29) is 0 Å². The largest absolute Gasteiger partial charge is 0.496 e. The lowest BCUT2D eigenvalue weighted by Crippen LogP contribution is -2.11. The van der Waals surface area contributed by atoms with Crippen LogP contribution in [-0.2, 0) is 11.4 Å². The lowest BCUT2D eigenvalue weighted by atomic mass is 10.0. The first-order valence-electron chi connectivity index (χ1n) is 5.11. The van der Waals surface area contributed by atoms with E-state index in [2.05, 4.69) is 37.5 Å². The molecule has 0 saturated carbocycles. The van der Waals surface area contributed by atoms with Crippen LogP contribution in [0.3, 0.4) is 0 Å². The molecule has 0 aliphatic heterocycles. The Morgan fingerprint density at radius 2 is 2.00 bits per heavy atom. The molecule has 0 radical (unpaired) electrons. The molecule has 0 bridgehead atoms. The normalized spacial score (nSPS) is 10.7. The summed E-state index contributed by atoms with van der Waals surface area (Å²) in [6.45, 7) is 4.99.